The minimum atomic E-state index is -0.196. The zero-order valence-electron chi connectivity index (χ0n) is 9.64. The molecule has 0 aliphatic heterocycles. The maximum Gasteiger partial charge on any atom is 0.267 e. The average molecular weight is 277 g/mol. The van der Waals surface area contributed by atoms with Crippen LogP contribution in [0.15, 0.2) is 29.8 Å². The van der Waals surface area contributed by atoms with E-state index in [1.165, 1.54) is 11.3 Å². The van der Waals surface area contributed by atoms with Crippen molar-refractivity contribution in [3.8, 4) is 0 Å². The number of thiocarbonyl (C=S) groups is 1. The molecule has 1 aromatic carbocycles. The molecule has 0 aliphatic rings. The molecule has 1 heterocycles. The Morgan fingerprint density at radius 3 is 2.78 bits per heavy atom. The summed E-state index contributed by atoms with van der Waals surface area (Å²) in [5.41, 5.74) is 9.23. The molecule has 1 amide bonds. The lowest BCUT2D eigenvalue weighted by atomic mass is 10.1. The van der Waals surface area contributed by atoms with E-state index in [1.807, 2.05) is 12.1 Å². The molecule has 0 atom stereocenters. The Morgan fingerprint density at radius 1 is 1.44 bits per heavy atom. The third kappa shape index (κ3) is 2.55. The number of carbonyl (C=O) groups is 1. The summed E-state index contributed by atoms with van der Waals surface area (Å²) in [5.74, 6) is -0.196. The fourth-order valence-corrected chi connectivity index (χ4v) is 2.38. The summed E-state index contributed by atoms with van der Waals surface area (Å²) >= 11 is 6.25. The van der Waals surface area contributed by atoms with E-state index in [0.29, 0.717) is 21.8 Å². The van der Waals surface area contributed by atoms with Crippen molar-refractivity contribution in [1.82, 2.24) is 4.98 Å². The lowest BCUT2D eigenvalue weighted by Gasteiger charge is -2.09. The molecule has 18 heavy (non-hydrogen) atoms. The fraction of sp³-hybridized carbons (Fsp3) is 0.0833. The minimum absolute atomic E-state index is 0.196. The Balaban J connectivity index is 2.28. The van der Waals surface area contributed by atoms with Crippen molar-refractivity contribution in [2.24, 2.45) is 5.73 Å². The van der Waals surface area contributed by atoms with Gasteiger partial charge in [0.15, 0.2) is 0 Å². The molecule has 92 valence electrons. The van der Waals surface area contributed by atoms with Gasteiger partial charge in [-0.1, -0.05) is 24.4 Å². The molecule has 0 radical (unpaired) electrons. The van der Waals surface area contributed by atoms with Crippen molar-refractivity contribution < 1.29 is 4.79 Å². The fourth-order valence-electron chi connectivity index (χ4n) is 1.51. The zero-order chi connectivity index (χ0) is 13.1. The number of rotatable bonds is 3. The number of amides is 1. The van der Waals surface area contributed by atoms with Gasteiger partial charge >= 0.3 is 0 Å². The van der Waals surface area contributed by atoms with Crippen molar-refractivity contribution in [2.75, 3.05) is 5.32 Å². The van der Waals surface area contributed by atoms with Gasteiger partial charge in [-0.05, 0) is 19.1 Å². The van der Waals surface area contributed by atoms with E-state index < -0.39 is 0 Å². The summed E-state index contributed by atoms with van der Waals surface area (Å²) in [6, 6.07) is 7.18. The lowest BCUT2D eigenvalue weighted by molar-refractivity contribution is 0.103. The predicted molar refractivity (Wildman–Crippen MR) is 77.1 cm³/mol. The van der Waals surface area contributed by atoms with Crippen molar-refractivity contribution in [1.29, 1.82) is 0 Å². The Bertz CT molecular complexity index is 607. The molecule has 0 fully saturated rings. The van der Waals surface area contributed by atoms with Crippen LogP contribution in [0.3, 0.4) is 0 Å². The Morgan fingerprint density at radius 2 is 2.17 bits per heavy atom. The predicted octanol–water partition coefficient (Wildman–Crippen LogP) is 2.34. The number of hydrogen-bond donors (Lipinski definition) is 2. The Labute approximate surface area is 114 Å². The van der Waals surface area contributed by atoms with E-state index in [9.17, 15) is 4.79 Å². The second-order valence-electron chi connectivity index (χ2n) is 3.63. The number of carbonyl (C=O) groups excluding carboxylic acids is 1. The van der Waals surface area contributed by atoms with Gasteiger partial charge in [0.1, 0.15) is 9.87 Å². The van der Waals surface area contributed by atoms with E-state index in [-0.39, 0.29) is 10.9 Å². The molecule has 6 heteroatoms. The first-order valence-electron chi connectivity index (χ1n) is 5.20. The van der Waals surface area contributed by atoms with Gasteiger partial charge in [0, 0.05) is 5.56 Å². The van der Waals surface area contributed by atoms with Crippen LogP contribution in [0.2, 0.25) is 0 Å². The number of aromatic nitrogens is 1. The maximum absolute atomic E-state index is 12.0. The Kier molecular flexibility index (Phi) is 3.69. The summed E-state index contributed by atoms with van der Waals surface area (Å²) in [7, 11) is 0. The summed E-state index contributed by atoms with van der Waals surface area (Å²) < 4.78 is 0. The zero-order valence-corrected chi connectivity index (χ0v) is 11.3. The first-order chi connectivity index (χ1) is 8.59. The normalized spacial score (nSPS) is 10.1. The van der Waals surface area contributed by atoms with Gasteiger partial charge in [0.25, 0.3) is 5.91 Å². The summed E-state index contributed by atoms with van der Waals surface area (Å²) in [5, 5.41) is 2.80. The van der Waals surface area contributed by atoms with Crippen LogP contribution in [0, 0.1) is 6.92 Å². The first kappa shape index (κ1) is 12.7. The topological polar surface area (TPSA) is 68.0 Å². The average Bonchev–Trinajstić information content (AvgIpc) is 2.76. The van der Waals surface area contributed by atoms with Crippen molar-refractivity contribution in [3.05, 3.63) is 45.9 Å². The SMILES string of the molecule is Cc1ncsc1C(=O)Nc1ccccc1C(N)=S. The van der Waals surface area contributed by atoms with Crippen LogP contribution in [0.25, 0.3) is 0 Å². The second-order valence-corrected chi connectivity index (χ2v) is 4.93. The van der Waals surface area contributed by atoms with Crippen LogP contribution in [0.5, 0.6) is 0 Å². The first-order valence-corrected chi connectivity index (χ1v) is 6.48. The van der Waals surface area contributed by atoms with Crippen molar-refractivity contribution in [3.63, 3.8) is 0 Å². The number of para-hydroxylation sites is 1. The van der Waals surface area contributed by atoms with Gasteiger partial charge in [-0.2, -0.15) is 0 Å². The molecular formula is C12H11N3OS2. The third-order valence-electron chi connectivity index (χ3n) is 2.39. The van der Waals surface area contributed by atoms with E-state index >= 15 is 0 Å². The van der Waals surface area contributed by atoms with Crippen LogP contribution >= 0.6 is 23.6 Å². The number of hydrogen-bond acceptors (Lipinski definition) is 4. The molecule has 3 N–H and O–H groups in total. The van der Waals surface area contributed by atoms with Gasteiger partial charge in [-0.3, -0.25) is 4.79 Å². The van der Waals surface area contributed by atoms with E-state index in [2.05, 4.69) is 10.3 Å². The van der Waals surface area contributed by atoms with Gasteiger partial charge in [-0.15, -0.1) is 11.3 Å². The standard InChI is InChI=1S/C12H11N3OS2/c1-7-10(18-6-14-7)12(16)15-9-5-3-2-4-8(9)11(13)17/h2-6H,1H3,(H2,13,17)(H,15,16). The highest BCUT2D eigenvalue weighted by molar-refractivity contribution is 7.80. The van der Waals surface area contributed by atoms with Crippen molar-refractivity contribution >= 4 is 40.1 Å². The number of nitrogens with one attached hydrogen (secondary N) is 1. The van der Waals surface area contributed by atoms with E-state index in [1.54, 1.807) is 24.6 Å². The number of nitrogens with zero attached hydrogens (tertiary/aromatic N) is 1. The van der Waals surface area contributed by atoms with Gasteiger partial charge in [-0.25, -0.2) is 4.98 Å². The second kappa shape index (κ2) is 5.24. The summed E-state index contributed by atoms with van der Waals surface area (Å²) in [6.07, 6.45) is 0. The number of aryl methyl sites for hydroxylation is 1. The molecule has 0 aliphatic carbocycles. The highest BCUT2D eigenvalue weighted by Crippen LogP contribution is 2.18. The van der Waals surface area contributed by atoms with Gasteiger partial charge in [0.2, 0.25) is 0 Å². The molecule has 0 bridgehead atoms. The molecule has 0 saturated heterocycles. The van der Waals surface area contributed by atoms with Crippen LogP contribution in [-0.4, -0.2) is 15.9 Å². The molecular weight excluding hydrogens is 266 g/mol. The lowest BCUT2D eigenvalue weighted by Crippen LogP contribution is -2.17. The number of thiazole rings is 1. The summed E-state index contributed by atoms with van der Waals surface area (Å²) in [4.78, 5) is 16.9. The molecule has 2 aromatic rings. The highest BCUT2D eigenvalue weighted by Gasteiger charge is 2.13. The van der Waals surface area contributed by atoms with Crippen LogP contribution < -0.4 is 11.1 Å². The smallest absolute Gasteiger partial charge is 0.267 e. The molecule has 0 unspecified atom stereocenters. The number of benzene rings is 1. The molecule has 2 rings (SSSR count). The van der Waals surface area contributed by atoms with Gasteiger partial charge < -0.3 is 11.1 Å². The molecule has 4 nitrogen and oxygen atoms in total. The Hall–Kier alpha value is -1.79. The summed E-state index contributed by atoms with van der Waals surface area (Å²) in [6.45, 7) is 1.80. The van der Waals surface area contributed by atoms with Crippen LogP contribution in [0.1, 0.15) is 20.9 Å². The maximum atomic E-state index is 12.0. The number of anilines is 1. The third-order valence-corrected chi connectivity index (χ3v) is 3.54. The molecule has 1 aromatic heterocycles. The van der Waals surface area contributed by atoms with Crippen molar-refractivity contribution in [2.45, 2.75) is 6.92 Å². The molecule has 0 saturated carbocycles. The molecule has 0 spiro atoms. The number of nitrogens with two attached hydrogens (primary N) is 1. The highest BCUT2D eigenvalue weighted by atomic mass is 32.1. The van der Waals surface area contributed by atoms with E-state index in [0.717, 1.165) is 0 Å². The minimum Gasteiger partial charge on any atom is -0.389 e. The van der Waals surface area contributed by atoms with Gasteiger partial charge in [0.05, 0.1) is 16.9 Å². The van der Waals surface area contributed by atoms with Crippen LogP contribution in [-0.2, 0) is 0 Å². The monoisotopic (exact) mass is 277 g/mol. The van der Waals surface area contributed by atoms with Crippen LogP contribution in [0.4, 0.5) is 5.69 Å². The van der Waals surface area contributed by atoms with E-state index in [4.69, 9.17) is 18.0 Å². The largest absolute Gasteiger partial charge is 0.389 e. The quantitative estimate of drug-likeness (QED) is 0.845.